The molecule has 0 aliphatic heterocycles. The summed E-state index contributed by atoms with van der Waals surface area (Å²) in [5.41, 5.74) is 3.31. The summed E-state index contributed by atoms with van der Waals surface area (Å²) in [5.74, 6) is -0.632. The highest BCUT2D eigenvalue weighted by Gasteiger charge is 2.13. The molecule has 106 valence electrons. The topological polar surface area (TPSA) is 46.9 Å². The van der Waals surface area contributed by atoms with Gasteiger partial charge in [0, 0.05) is 29.3 Å². The standard InChI is InChI=1S/C14H15BrFN3O/c1-8-12(9(2)19(3)18-8)7-17-14(20)11-5-4-10(16)6-13(11)15/h4-6H,7H2,1-3H3,(H,17,20). The van der Waals surface area contributed by atoms with Crippen molar-refractivity contribution in [3.05, 3.63) is 51.0 Å². The number of hydrogen-bond acceptors (Lipinski definition) is 2. The highest BCUT2D eigenvalue weighted by atomic mass is 79.9. The second-order valence-electron chi connectivity index (χ2n) is 4.58. The predicted molar refractivity (Wildman–Crippen MR) is 78.0 cm³/mol. The van der Waals surface area contributed by atoms with Crippen molar-refractivity contribution in [2.75, 3.05) is 0 Å². The maximum atomic E-state index is 13.0. The molecule has 0 spiro atoms. The zero-order chi connectivity index (χ0) is 14.9. The van der Waals surface area contributed by atoms with E-state index < -0.39 is 0 Å². The van der Waals surface area contributed by atoms with Gasteiger partial charge in [0.15, 0.2) is 0 Å². The van der Waals surface area contributed by atoms with Crippen LogP contribution in [0.1, 0.15) is 27.3 Å². The van der Waals surface area contributed by atoms with Crippen LogP contribution in [0.4, 0.5) is 4.39 Å². The van der Waals surface area contributed by atoms with Gasteiger partial charge in [-0.2, -0.15) is 5.10 Å². The smallest absolute Gasteiger partial charge is 0.252 e. The first kappa shape index (κ1) is 14.7. The summed E-state index contributed by atoms with van der Waals surface area (Å²) in [5, 5.41) is 7.12. The molecule has 2 aromatic rings. The van der Waals surface area contributed by atoms with Crippen LogP contribution in [0.5, 0.6) is 0 Å². The summed E-state index contributed by atoms with van der Waals surface area (Å²) in [6.07, 6.45) is 0. The number of amides is 1. The molecule has 0 unspecified atom stereocenters. The van der Waals surface area contributed by atoms with Gasteiger partial charge in [0.25, 0.3) is 5.91 Å². The first-order chi connectivity index (χ1) is 9.40. The summed E-state index contributed by atoms with van der Waals surface area (Å²) in [6.45, 7) is 4.26. The zero-order valence-corrected chi connectivity index (χ0v) is 13.1. The SMILES string of the molecule is Cc1nn(C)c(C)c1CNC(=O)c1ccc(F)cc1Br. The van der Waals surface area contributed by atoms with Crippen molar-refractivity contribution in [3.8, 4) is 0 Å². The first-order valence-electron chi connectivity index (χ1n) is 6.12. The van der Waals surface area contributed by atoms with Crippen molar-refractivity contribution in [3.63, 3.8) is 0 Å². The largest absolute Gasteiger partial charge is 0.348 e. The maximum Gasteiger partial charge on any atom is 0.252 e. The number of aromatic nitrogens is 2. The molecular weight excluding hydrogens is 325 g/mol. The van der Waals surface area contributed by atoms with Gasteiger partial charge in [0.1, 0.15) is 5.82 Å². The van der Waals surface area contributed by atoms with Crippen LogP contribution in [0.3, 0.4) is 0 Å². The fourth-order valence-electron chi connectivity index (χ4n) is 2.01. The zero-order valence-electron chi connectivity index (χ0n) is 11.5. The number of carbonyl (C=O) groups excluding carboxylic acids is 1. The van der Waals surface area contributed by atoms with Crippen LogP contribution in [0.15, 0.2) is 22.7 Å². The minimum absolute atomic E-state index is 0.250. The lowest BCUT2D eigenvalue weighted by atomic mass is 10.1. The Morgan fingerprint density at radius 1 is 1.45 bits per heavy atom. The molecule has 0 aliphatic rings. The Hall–Kier alpha value is -1.69. The van der Waals surface area contributed by atoms with Crippen LogP contribution in [0.25, 0.3) is 0 Å². The predicted octanol–water partition coefficient (Wildman–Crippen LogP) is 2.87. The highest BCUT2D eigenvalue weighted by Crippen LogP contribution is 2.18. The van der Waals surface area contributed by atoms with E-state index in [0.717, 1.165) is 17.0 Å². The fourth-order valence-corrected chi connectivity index (χ4v) is 2.54. The van der Waals surface area contributed by atoms with E-state index in [0.29, 0.717) is 16.6 Å². The third-order valence-electron chi connectivity index (χ3n) is 3.26. The molecule has 20 heavy (non-hydrogen) atoms. The van der Waals surface area contributed by atoms with Crippen molar-refractivity contribution < 1.29 is 9.18 Å². The Labute approximate surface area is 125 Å². The Kier molecular flexibility index (Phi) is 4.23. The van der Waals surface area contributed by atoms with Crippen molar-refractivity contribution in [2.45, 2.75) is 20.4 Å². The Morgan fingerprint density at radius 3 is 2.70 bits per heavy atom. The van der Waals surface area contributed by atoms with Gasteiger partial charge < -0.3 is 5.32 Å². The average molecular weight is 340 g/mol. The Bertz CT molecular complexity index is 667. The minimum atomic E-state index is -0.382. The number of carbonyl (C=O) groups is 1. The molecular formula is C14H15BrFN3O. The number of rotatable bonds is 3. The van der Waals surface area contributed by atoms with Crippen LogP contribution in [0, 0.1) is 19.7 Å². The molecule has 0 saturated carbocycles. The number of halogens is 2. The summed E-state index contributed by atoms with van der Waals surface area (Å²) < 4.78 is 15.2. The van der Waals surface area contributed by atoms with Gasteiger partial charge in [-0.3, -0.25) is 9.48 Å². The van der Waals surface area contributed by atoms with Gasteiger partial charge in [-0.1, -0.05) is 0 Å². The monoisotopic (exact) mass is 339 g/mol. The second kappa shape index (κ2) is 5.75. The number of nitrogens with one attached hydrogen (secondary N) is 1. The molecule has 1 amide bonds. The van der Waals surface area contributed by atoms with Gasteiger partial charge >= 0.3 is 0 Å². The molecule has 6 heteroatoms. The third kappa shape index (κ3) is 2.90. The van der Waals surface area contributed by atoms with Crippen molar-refractivity contribution in [2.24, 2.45) is 7.05 Å². The molecule has 0 radical (unpaired) electrons. The third-order valence-corrected chi connectivity index (χ3v) is 3.92. The highest BCUT2D eigenvalue weighted by molar-refractivity contribution is 9.10. The van der Waals surface area contributed by atoms with Crippen LogP contribution in [-0.2, 0) is 13.6 Å². The van der Waals surface area contributed by atoms with Crippen LogP contribution >= 0.6 is 15.9 Å². The summed E-state index contributed by atoms with van der Waals surface area (Å²) in [7, 11) is 1.87. The van der Waals surface area contributed by atoms with E-state index in [4.69, 9.17) is 0 Å². The van der Waals surface area contributed by atoms with Gasteiger partial charge in [-0.25, -0.2) is 4.39 Å². The summed E-state index contributed by atoms with van der Waals surface area (Å²) >= 11 is 3.19. The Morgan fingerprint density at radius 2 is 2.15 bits per heavy atom. The molecule has 1 aromatic carbocycles. The van der Waals surface area contributed by atoms with Crippen molar-refractivity contribution in [1.29, 1.82) is 0 Å². The van der Waals surface area contributed by atoms with E-state index >= 15 is 0 Å². The quantitative estimate of drug-likeness (QED) is 0.934. The van der Waals surface area contributed by atoms with E-state index in [1.54, 1.807) is 4.68 Å². The van der Waals surface area contributed by atoms with E-state index in [1.807, 2.05) is 20.9 Å². The normalized spacial score (nSPS) is 10.7. The van der Waals surface area contributed by atoms with E-state index in [-0.39, 0.29) is 11.7 Å². The molecule has 1 N–H and O–H groups in total. The molecule has 0 bridgehead atoms. The number of nitrogens with zero attached hydrogens (tertiary/aromatic N) is 2. The average Bonchev–Trinajstić information content (AvgIpc) is 2.61. The molecule has 0 atom stereocenters. The summed E-state index contributed by atoms with van der Waals surface area (Å²) in [6, 6.07) is 3.99. The molecule has 4 nitrogen and oxygen atoms in total. The number of benzene rings is 1. The minimum Gasteiger partial charge on any atom is -0.348 e. The molecule has 2 rings (SSSR count). The van der Waals surface area contributed by atoms with Crippen molar-refractivity contribution >= 4 is 21.8 Å². The second-order valence-corrected chi connectivity index (χ2v) is 5.43. The summed E-state index contributed by atoms with van der Waals surface area (Å²) in [4.78, 5) is 12.1. The van der Waals surface area contributed by atoms with Gasteiger partial charge in [-0.05, 0) is 48.0 Å². The van der Waals surface area contributed by atoms with E-state index in [2.05, 4.69) is 26.3 Å². The van der Waals surface area contributed by atoms with Gasteiger partial charge in [0.2, 0.25) is 0 Å². The van der Waals surface area contributed by atoms with E-state index in [1.165, 1.54) is 18.2 Å². The Balaban J connectivity index is 2.12. The van der Waals surface area contributed by atoms with Crippen LogP contribution in [0.2, 0.25) is 0 Å². The number of aryl methyl sites for hydroxylation is 2. The van der Waals surface area contributed by atoms with Crippen molar-refractivity contribution in [1.82, 2.24) is 15.1 Å². The molecule has 1 aromatic heterocycles. The molecule has 1 heterocycles. The lowest BCUT2D eigenvalue weighted by Gasteiger charge is -2.07. The van der Waals surface area contributed by atoms with Gasteiger partial charge in [0.05, 0.1) is 11.3 Å². The maximum absolute atomic E-state index is 13.0. The van der Waals surface area contributed by atoms with Crippen LogP contribution in [-0.4, -0.2) is 15.7 Å². The molecule has 0 aliphatic carbocycles. The lowest BCUT2D eigenvalue weighted by molar-refractivity contribution is 0.0950. The number of hydrogen-bond donors (Lipinski definition) is 1. The lowest BCUT2D eigenvalue weighted by Crippen LogP contribution is -2.23. The fraction of sp³-hybridized carbons (Fsp3) is 0.286. The van der Waals surface area contributed by atoms with E-state index in [9.17, 15) is 9.18 Å². The molecule has 0 fully saturated rings. The first-order valence-corrected chi connectivity index (χ1v) is 6.91. The van der Waals surface area contributed by atoms with Gasteiger partial charge in [-0.15, -0.1) is 0 Å². The van der Waals surface area contributed by atoms with Crippen LogP contribution < -0.4 is 5.32 Å². The molecule has 0 saturated heterocycles.